The van der Waals surface area contributed by atoms with E-state index in [0.717, 1.165) is 0 Å². The van der Waals surface area contributed by atoms with Crippen LogP contribution in [0.3, 0.4) is 0 Å². The second-order valence-corrected chi connectivity index (χ2v) is 5.15. The van der Waals surface area contributed by atoms with Gasteiger partial charge in [-0.05, 0) is 30.2 Å². The minimum atomic E-state index is -0.771. The molecule has 0 aliphatic rings. The fourth-order valence-electron chi connectivity index (χ4n) is 1.84. The molecule has 0 saturated heterocycles. The summed E-state index contributed by atoms with van der Waals surface area (Å²) in [5.41, 5.74) is 6.34. The summed E-state index contributed by atoms with van der Waals surface area (Å²) in [6.45, 7) is 3.24. The highest BCUT2D eigenvalue weighted by Gasteiger charge is 2.26. The van der Waals surface area contributed by atoms with E-state index in [1.54, 1.807) is 12.1 Å². The van der Waals surface area contributed by atoms with Crippen LogP contribution in [0.5, 0.6) is 0 Å². The number of nitrogens with one attached hydrogen (secondary N) is 1. The number of anilines is 1. The largest absolute Gasteiger partial charge is 0.467 e. The van der Waals surface area contributed by atoms with Gasteiger partial charge in [-0.25, -0.2) is 9.59 Å². The first-order valence-corrected chi connectivity index (χ1v) is 7.28. The van der Waals surface area contributed by atoms with Gasteiger partial charge >= 0.3 is 11.9 Å². The molecule has 1 aromatic rings. The van der Waals surface area contributed by atoms with Crippen LogP contribution in [0.15, 0.2) is 24.3 Å². The third-order valence-corrected chi connectivity index (χ3v) is 3.47. The standard InChI is InChI=1S/C16H22N2O5/c1-4-10(2)14(16(21)22-3)18-13(19)9-23-15(20)11-5-7-12(17)8-6-11/h5-8,10,14H,4,9,17H2,1-3H3,(H,18,19)/t10-,14+/m1/s1. The molecule has 0 radical (unpaired) electrons. The molecule has 7 heteroatoms. The molecular weight excluding hydrogens is 300 g/mol. The number of methoxy groups -OCH3 is 1. The first kappa shape index (κ1) is 18.5. The lowest BCUT2D eigenvalue weighted by molar-refractivity contribution is -0.147. The zero-order valence-corrected chi connectivity index (χ0v) is 13.5. The summed E-state index contributed by atoms with van der Waals surface area (Å²) in [6, 6.07) is 5.37. The summed E-state index contributed by atoms with van der Waals surface area (Å²) in [4.78, 5) is 35.3. The Labute approximate surface area is 135 Å². The number of esters is 2. The molecule has 0 unspecified atom stereocenters. The number of carbonyl (C=O) groups excluding carboxylic acids is 3. The number of ether oxygens (including phenoxy) is 2. The van der Waals surface area contributed by atoms with Gasteiger partial charge in [0.25, 0.3) is 5.91 Å². The van der Waals surface area contributed by atoms with E-state index in [9.17, 15) is 14.4 Å². The van der Waals surface area contributed by atoms with Crippen LogP contribution in [-0.4, -0.2) is 37.6 Å². The van der Waals surface area contributed by atoms with Gasteiger partial charge in [0.15, 0.2) is 6.61 Å². The Morgan fingerprint density at radius 2 is 1.83 bits per heavy atom. The summed E-state index contributed by atoms with van der Waals surface area (Å²) >= 11 is 0. The Kier molecular flexibility index (Phi) is 7.05. The van der Waals surface area contributed by atoms with Crippen molar-refractivity contribution < 1.29 is 23.9 Å². The Hall–Kier alpha value is -2.57. The molecule has 0 aromatic heterocycles. The Balaban J connectivity index is 2.56. The molecule has 0 bridgehead atoms. The van der Waals surface area contributed by atoms with Crippen molar-refractivity contribution in [3.05, 3.63) is 29.8 Å². The normalized spacial score (nSPS) is 12.8. The van der Waals surface area contributed by atoms with E-state index in [1.807, 2.05) is 13.8 Å². The van der Waals surface area contributed by atoms with Gasteiger partial charge in [-0.2, -0.15) is 0 Å². The fourth-order valence-corrected chi connectivity index (χ4v) is 1.84. The number of amides is 1. The highest BCUT2D eigenvalue weighted by molar-refractivity contribution is 5.92. The predicted octanol–water partition coefficient (Wildman–Crippen LogP) is 1.13. The third kappa shape index (κ3) is 5.61. The second-order valence-electron chi connectivity index (χ2n) is 5.15. The number of hydrogen-bond acceptors (Lipinski definition) is 6. The van der Waals surface area contributed by atoms with Gasteiger partial charge in [0, 0.05) is 5.69 Å². The molecule has 0 aliphatic carbocycles. The van der Waals surface area contributed by atoms with Crippen LogP contribution in [0.1, 0.15) is 30.6 Å². The highest BCUT2D eigenvalue weighted by atomic mass is 16.5. The molecule has 3 N–H and O–H groups in total. The highest BCUT2D eigenvalue weighted by Crippen LogP contribution is 2.10. The maximum Gasteiger partial charge on any atom is 0.338 e. The maximum absolute atomic E-state index is 11.9. The number of nitrogen functional groups attached to an aromatic ring is 1. The monoisotopic (exact) mass is 322 g/mol. The summed E-state index contributed by atoms with van der Waals surface area (Å²) < 4.78 is 9.58. The van der Waals surface area contributed by atoms with Crippen molar-refractivity contribution in [2.24, 2.45) is 5.92 Å². The molecule has 0 aliphatic heterocycles. The van der Waals surface area contributed by atoms with Crippen LogP contribution in [0, 0.1) is 5.92 Å². The lowest BCUT2D eigenvalue weighted by atomic mass is 9.99. The van der Waals surface area contributed by atoms with Gasteiger partial charge in [-0.15, -0.1) is 0 Å². The van der Waals surface area contributed by atoms with Gasteiger partial charge < -0.3 is 20.5 Å². The average molecular weight is 322 g/mol. The van der Waals surface area contributed by atoms with Crippen molar-refractivity contribution in [3.63, 3.8) is 0 Å². The smallest absolute Gasteiger partial charge is 0.338 e. The van der Waals surface area contributed by atoms with Crippen LogP contribution in [-0.2, 0) is 19.1 Å². The van der Waals surface area contributed by atoms with Crippen molar-refractivity contribution in [1.82, 2.24) is 5.32 Å². The van der Waals surface area contributed by atoms with Crippen molar-refractivity contribution in [2.75, 3.05) is 19.5 Å². The molecule has 1 amide bonds. The second kappa shape index (κ2) is 8.77. The zero-order valence-electron chi connectivity index (χ0n) is 13.5. The molecule has 7 nitrogen and oxygen atoms in total. The lowest BCUT2D eigenvalue weighted by Gasteiger charge is -2.21. The van der Waals surface area contributed by atoms with Gasteiger partial charge in [-0.3, -0.25) is 4.79 Å². The van der Waals surface area contributed by atoms with E-state index in [2.05, 4.69) is 10.1 Å². The summed E-state index contributed by atoms with van der Waals surface area (Å²) in [5, 5.41) is 2.52. The van der Waals surface area contributed by atoms with Crippen LogP contribution in [0.25, 0.3) is 0 Å². The predicted molar refractivity (Wildman–Crippen MR) is 84.5 cm³/mol. The minimum Gasteiger partial charge on any atom is -0.467 e. The van der Waals surface area contributed by atoms with Crippen LogP contribution in [0.4, 0.5) is 5.69 Å². The van der Waals surface area contributed by atoms with E-state index in [-0.39, 0.29) is 5.92 Å². The first-order valence-electron chi connectivity index (χ1n) is 7.28. The molecule has 0 fully saturated rings. The van der Waals surface area contributed by atoms with Crippen molar-refractivity contribution >= 4 is 23.5 Å². The molecule has 1 aromatic carbocycles. The number of nitrogens with two attached hydrogens (primary N) is 1. The van der Waals surface area contributed by atoms with E-state index in [1.165, 1.54) is 19.2 Å². The molecule has 126 valence electrons. The number of hydrogen-bond donors (Lipinski definition) is 2. The van der Waals surface area contributed by atoms with E-state index in [0.29, 0.717) is 17.7 Å². The SMILES string of the molecule is CC[C@@H](C)[C@H](NC(=O)COC(=O)c1ccc(N)cc1)C(=O)OC. The van der Waals surface area contributed by atoms with Crippen molar-refractivity contribution in [2.45, 2.75) is 26.3 Å². The number of carbonyl (C=O) groups is 3. The molecule has 0 saturated carbocycles. The van der Waals surface area contributed by atoms with E-state index in [4.69, 9.17) is 10.5 Å². The van der Waals surface area contributed by atoms with Crippen molar-refractivity contribution in [1.29, 1.82) is 0 Å². The Morgan fingerprint density at radius 3 is 2.35 bits per heavy atom. The van der Waals surface area contributed by atoms with Gasteiger partial charge in [0.05, 0.1) is 12.7 Å². The Bertz CT molecular complexity index is 556. The Morgan fingerprint density at radius 1 is 1.22 bits per heavy atom. The maximum atomic E-state index is 11.9. The zero-order chi connectivity index (χ0) is 17.4. The van der Waals surface area contributed by atoms with E-state index < -0.39 is 30.5 Å². The first-order chi connectivity index (χ1) is 10.9. The van der Waals surface area contributed by atoms with Gasteiger partial charge in [0.1, 0.15) is 6.04 Å². The van der Waals surface area contributed by atoms with Crippen LogP contribution < -0.4 is 11.1 Å². The van der Waals surface area contributed by atoms with E-state index >= 15 is 0 Å². The van der Waals surface area contributed by atoms with Gasteiger partial charge in [0.2, 0.25) is 0 Å². The third-order valence-electron chi connectivity index (χ3n) is 3.47. The number of benzene rings is 1. The molecule has 0 heterocycles. The summed E-state index contributed by atoms with van der Waals surface area (Å²) in [6.07, 6.45) is 0.686. The van der Waals surface area contributed by atoms with Crippen LogP contribution in [0.2, 0.25) is 0 Å². The summed E-state index contributed by atoms with van der Waals surface area (Å²) in [5.74, 6) is -1.83. The molecule has 2 atom stereocenters. The molecule has 0 spiro atoms. The molecular formula is C16H22N2O5. The lowest BCUT2D eigenvalue weighted by Crippen LogP contribution is -2.47. The molecule has 23 heavy (non-hydrogen) atoms. The fraction of sp³-hybridized carbons (Fsp3) is 0.438. The van der Waals surface area contributed by atoms with Crippen molar-refractivity contribution in [3.8, 4) is 0 Å². The topological polar surface area (TPSA) is 108 Å². The molecule has 1 rings (SSSR count). The quantitative estimate of drug-likeness (QED) is 0.575. The minimum absolute atomic E-state index is 0.0980. The number of rotatable bonds is 7. The van der Waals surface area contributed by atoms with Crippen LogP contribution >= 0.6 is 0 Å². The summed E-state index contributed by atoms with van der Waals surface area (Å²) in [7, 11) is 1.25. The van der Waals surface area contributed by atoms with Gasteiger partial charge in [-0.1, -0.05) is 20.3 Å². The average Bonchev–Trinajstić information content (AvgIpc) is 2.56.